The normalized spacial score (nSPS) is 10.7. The van der Waals surface area contributed by atoms with Gasteiger partial charge in [0.15, 0.2) is 12.4 Å². The quantitative estimate of drug-likeness (QED) is 0.498. The number of hydrogen-bond donors (Lipinski definition) is 2. The molecule has 0 aliphatic carbocycles. The molecule has 2 aromatic carbocycles. The summed E-state index contributed by atoms with van der Waals surface area (Å²) in [5.41, 5.74) is 7.38. The maximum atomic E-state index is 5.73. The highest BCUT2D eigenvalue weighted by atomic mass is 16.6. The van der Waals surface area contributed by atoms with Crippen LogP contribution in [0.4, 0.5) is 17.6 Å². The van der Waals surface area contributed by atoms with Crippen LogP contribution < -0.4 is 15.8 Å². The van der Waals surface area contributed by atoms with Crippen LogP contribution in [0.5, 0.6) is 5.75 Å². The third-order valence-electron chi connectivity index (χ3n) is 3.33. The first-order valence-electron chi connectivity index (χ1n) is 7.85. The van der Waals surface area contributed by atoms with Gasteiger partial charge in [-0.1, -0.05) is 35.5 Å². The van der Waals surface area contributed by atoms with Gasteiger partial charge in [-0.15, -0.1) is 0 Å². The monoisotopic (exact) mass is 350 g/mol. The molecule has 0 bridgehead atoms. The lowest BCUT2D eigenvalue weighted by atomic mass is 10.2. The molecule has 3 rings (SSSR count). The van der Waals surface area contributed by atoms with E-state index in [9.17, 15) is 0 Å². The molecule has 3 aromatic rings. The Labute approximate surface area is 150 Å². The van der Waals surface area contributed by atoms with Crippen LogP contribution in [-0.2, 0) is 11.4 Å². The van der Waals surface area contributed by atoms with Crippen molar-refractivity contribution >= 4 is 23.8 Å². The molecule has 26 heavy (non-hydrogen) atoms. The van der Waals surface area contributed by atoms with Gasteiger partial charge in [0.2, 0.25) is 11.9 Å². The van der Waals surface area contributed by atoms with Gasteiger partial charge in [-0.2, -0.15) is 15.0 Å². The number of hydrogen-bond acceptors (Lipinski definition) is 8. The van der Waals surface area contributed by atoms with Crippen molar-refractivity contribution in [3.8, 4) is 5.75 Å². The van der Waals surface area contributed by atoms with Gasteiger partial charge >= 0.3 is 0 Å². The number of benzene rings is 2. The molecule has 8 heteroatoms. The van der Waals surface area contributed by atoms with E-state index >= 15 is 0 Å². The number of nitrogens with one attached hydrogen (secondary N) is 1. The summed E-state index contributed by atoms with van der Waals surface area (Å²) >= 11 is 0. The number of nitrogens with zero attached hydrogens (tertiary/aromatic N) is 4. The Hall–Kier alpha value is -3.68. The minimum Gasteiger partial charge on any atom is -0.496 e. The molecule has 0 aliphatic heterocycles. The van der Waals surface area contributed by atoms with E-state index in [1.54, 1.807) is 13.3 Å². The fourth-order valence-corrected chi connectivity index (χ4v) is 2.17. The van der Waals surface area contributed by atoms with Crippen LogP contribution in [0.3, 0.4) is 0 Å². The van der Waals surface area contributed by atoms with Crippen molar-refractivity contribution in [2.45, 2.75) is 6.61 Å². The van der Waals surface area contributed by atoms with E-state index in [-0.39, 0.29) is 12.6 Å². The van der Waals surface area contributed by atoms with E-state index in [1.165, 1.54) is 0 Å². The Bertz CT molecular complexity index is 886. The van der Waals surface area contributed by atoms with Crippen molar-refractivity contribution in [1.82, 2.24) is 15.0 Å². The lowest BCUT2D eigenvalue weighted by Gasteiger charge is -2.06. The second kappa shape index (κ2) is 8.43. The predicted molar refractivity (Wildman–Crippen MR) is 99.3 cm³/mol. The summed E-state index contributed by atoms with van der Waals surface area (Å²) < 4.78 is 5.24. The molecular formula is C18H18N6O2. The number of aromatic nitrogens is 3. The number of ether oxygens (including phenoxy) is 1. The molecule has 1 aromatic heterocycles. The number of nitrogens with two attached hydrogens (primary N) is 1. The Morgan fingerprint density at radius 3 is 2.62 bits per heavy atom. The lowest BCUT2D eigenvalue weighted by Crippen LogP contribution is -2.07. The molecule has 0 unspecified atom stereocenters. The van der Waals surface area contributed by atoms with E-state index in [2.05, 4.69) is 25.4 Å². The standard InChI is InChI=1S/C18H18N6O2/c1-25-15-10-6-5-7-13(15)11-20-26-12-16-22-17(19)24-18(23-16)21-14-8-3-2-4-9-14/h2-11H,12H2,1H3,(H3,19,21,22,23,24)/b20-11-. The van der Waals surface area contributed by atoms with Crippen molar-refractivity contribution in [1.29, 1.82) is 0 Å². The summed E-state index contributed by atoms with van der Waals surface area (Å²) in [5.74, 6) is 1.52. The highest BCUT2D eigenvalue weighted by Gasteiger charge is 2.05. The van der Waals surface area contributed by atoms with Gasteiger partial charge < -0.3 is 20.6 Å². The van der Waals surface area contributed by atoms with Crippen LogP contribution in [0.2, 0.25) is 0 Å². The molecule has 0 amide bonds. The van der Waals surface area contributed by atoms with Crippen LogP contribution in [0.25, 0.3) is 0 Å². The van der Waals surface area contributed by atoms with Crippen LogP contribution in [-0.4, -0.2) is 28.3 Å². The third-order valence-corrected chi connectivity index (χ3v) is 3.33. The van der Waals surface area contributed by atoms with E-state index in [0.717, 1.165) is 11.3 Å². The van der Waals surface area contributed by atoms with E-state index in [0.29, 0.717) is 17.5 Å². The van der Waals surface area contributed by atoms with Crippen LogP contribution >= 0.6 is 0 Å². The van der Waals surface area contributed by atoms with Gasteiger partial charge in [0.1, 0.15) is 5.75 Å². The molecule has 0 fully saturated rings. The summed E-state index contributed by atoms with van der Waals surface area (Å²) in [7, 11) is 1.60. The van der Waals surface area contributed by atoms with Gasteiger partial charge in [-0.05, 0) is 24.3 Å². The van der Waals surface area contributed by atoms with E-state index in [4.69, 9.17) is 15.3 Å². The predicted octanol–water partition coefficient (Wildman–Crippen LogP) is 2.76. The summed E-state index contributed by atoms with van der Waals surface area (Å²) in [6.45, 7) is 0.0574. The topological polar surface area (TPSA) is 108 Å². The molecule has 1 heterocycles. The summed E-state index contributed by atoms with van der Waals surface area (Å²) in [6.07, 6.45) is 1.56. The minimum atomic E-state index is 0.0574. The molecule has 8 nitrogen and oxygen atoms in total. The average Bonchev–Trinajstić information content (AvgIpc) is 2.66. The molecule has 0 aliphatic rings. The van der Waals surface area contributed by atoms with Crippen molar-refractivity contribution in [2.75, 3.05) is 18.2 Å². The molecule has 0 atom stereocenters. The zero-order valence-corrected chi connectivity index (χ0v) is 14.2. The first-order valence-corrected chi connectivity index (χ1v) is 7.85. The number of nitrogen functional groups attached to an aromatic ring is 1. The van der Waals surface area contributed by atoms with Gasteiger partial charge in [0, 0.05) is 11.3 Å². The Kier molecular flexibility index (Phi) is 5.56. The summed E-state index contributed by atoms with van der Waals surface area (Å²) in [6, 6.07) is 17.0. The molecule has 0 radical (unpaired) electrons. The summed E-state index contributed by atoms with van der Waals surface area (Å²) in [5, 5.41) is 6.99. The highest BCUT2D eigenvalue weighted by Crippen LogP contribution is 2.15. The van der Waals surface area contributed by atoms with Crippen LogP contribution in [0.15, 0.2) is 59.8 Å². The maximum Gasteiger partial charge on any atom is 0.232 e. The summed E-state index contributed by atoms with van der Waals surface area (Å²) in [4.78, 5) is 17.6. The van der Waals surface area contributed by atoms with Crippen LogP contribution in [0, 0.1) is 0 Å². The minimum absolute atomic E-state index is 0.0574. The Balaban J connectivity index is 1.64. The number of oxime groups is 1. The first-order chi connectivity index (χ1) is 12.7. The van der Waals surface area contributed by atoms with Crippen LogP contribution in [0.1, 0.15) is 11.4 Å². The van der Waals surface area contributed by atoms with Gasteiger partial charge in [-0.3, -0.25) is 0 Å². The Morgan fingerprint density at radius 2 is 1.81 bits per heavy atom. The third kappa shape index (κ3) is 4.67. The zero-order valence-electron chi connectivity index (χ0n) is 14.2. The first kappa shape index (κ1) is 17.2. The largest absolute Gasteiger partial charge is 0.496 e. The molecule has 0 spiro atoms. The lowest BCUT2D eigenvalue weighted by molar-refractivity contribution is 0.126. The molecule has 0 saturated carbocycles. The van der Waals surface area contributed by atoms with E-state index in [1.807, 2.05) is 54.6 Å². The number of rotatable bonds is 7. The zero-order chi connectivity index (χ0) is 18.2. The van der Waals surface area contributed by atoms with Gasteiger partial charge in [-0.25, -0.2) is 0 Å². The number of anilines is 3. The van der Waals surface area contributed by atoms with Crippen molar-refractivity contribution in [3.63, 3.8) is 0 Å². The fraction of sp³-hybridized carbons (Fsp3) is 0.111. The molecule has 0 saturated heterocycles. The molecule has 3 N–H and O–H groups in total. The smallest absolute Gasteiger partial charge is 0.232 e. The highest BCUT2D eigenvalue weighted by molar-refractivity contribution is 5.82. The fourth-order valence-electron chi connectivity index (χ4n) is 2.17. The van der Waals surface area contributed by atoms with E-state index < -0.39 is 0 Å². The molecule has 132 valence electrons. The average molecular weight is 350 g/mol. The van der Waals surface area contributed by atoms with Gasteiger partial charge in [0.25, 0.3) is 0 Å². The van der Waals surface area contributed by atoms with Crippen molar-refractivity contribution in [3.05, 3.63) is 66.0 Å². The second-order valence-corrected chi connectivity index (χ2v) is 5.17. The van der Waals surface area contributed by atoms with Crippen molar-refractivity contribution < 1.29 is 9.57 Å². The number of para-hydroxylation sites is 2. The number of methoxy groups -OCH3 is 1. The maximum absolute atomic E-state index is 5.73. The van der Waals surface area contributed by atoms with Crippen molar-refractivity contribution in [2.24, 2.45) is 5.16 Å². The SMILES string of the molecule is COc1ccccc1/C=N\OCc1nc(N)nc(Nc2ccccc2)n1. The Morgan fingerprint density at radius 1 is 1.04 bits per heavy atom. The second-order valence-electron chi connectivity index (χ2n) is 5.17. The molecular weight excluding hydrogens is 332 g/mol. The van der Waals surface area contributed by atoms with Gasteiger partial charge in [0.05, 0.1) is 13.3 Å².